The average Bonchev–Trinajstić information content (AvgIpc) is 2.62. The van der Waals surface area contributed by atoms with E-state index in [2.05, 4.69) is 34.1 Å². The van der Waals surface area contributed by atoms with Gasteiger partial charge in [0.1, 0.15) is 7.05 Å². The molecular formula is C17H24ClN5O2. The fourth-order valence-corrected chi connectivity index (χ4v) is 2.33. The molecule has 1 heterocycles. The number of ether oxygens (including phenoxy) is 2. The number of methoxy groups -OCH3 is 2. The molecule has 7 nitrogen and oxygen atoms in total. The highest BCUT2D eigenvalue weighted by molar-refractivity contribution is 5.61. The largest absolute Gasteiger partial charge is 1.00 e. The van der Waals surface area contributed by atoms with Gasteiger partial charge >= 0.3 is 5.82 Å². The summed E-state index contributed by atoms with van der Waals surface area (Å²) in [5.41, 5.74) is 1.77. The smallest absolute Gasteiger partial charge is 0.370 e. The van der Waals surface area contributed by atoms with Crippen LogP contribution in [-0.4, -0.2) is 32.4 Å². The van der Waals surface area contributed by atoms with Gasteiger partial charge in [-0.05, 0) is 36.2 Å². The summed E-state index contributed by atoms with van der Waals surface area (Å²) in [6, 6.07) is 9.46. The van der Waals surface area contributed by atoms with Crippen LogP contribution in [0.4, 0.5) is 17.2 Å². The summed E-state index contributed by atoms with van der Waals surface area (Å²) in [6.07, 6.45) is 0. The van der Waals surface area contributed by atoms with E-state index in [0.717, 1.165) is 18.8 Å². The molecule has 0 N–H and O–H groups in total. The van der Waals surface area contributed by atoms with Crippen LogP contribution in [0.15, 0.2) is 40.6 Å². The summed E-state index contributed by atoms with van der Waals surface area (Å²) in [7, 11) is 5.00. The van der Waals surface area contributed by atoms with Crippen molar-refractivity contribution in [1.82, 2.24) is 5.10 Å². The quantitative estimate of drug-likeness (QED) is 0.519. The van der Waals surface area contributed by atoms with Gasteiger partial charge in [-0.15, -0.1) is 4.68 Å². The zero-order chi connectivity index (χ0) is 17.5. The van der Waals surface area contributed by atoms with E-state index in [-0.39, 0.29) is 12.4 Å². The van der Waals surface area contributed by atoms with E-state index in [4.69, 9.17) is 9.47 Å². The fourth-order valence-electron chi connectivity index (χ4n) is 2.33. The lowest BCUT2D eigenvalue weighted by Gasteiger charge is -2.21. The number of halogens is 1. The summed E-state index contributed by atoms with van der Waals surface area (Å²) < 4.78 is 12.1. The van der Waals surface area contributed by atoms with Crippen molar-refractivity contribution in [2.45, 2.75) is 13.8 Å². The minimum absolute atomic E-state index is 0. The number of hydrogen-bond acceptors (Lipinski definition) is 6. The van der Waals surface area contributed by atoms with E-state index in [0.29, 0.717) is 23.1 Å². The third kappa shape index (κ3) is 5.03. The van der Waals surface area contributed by atoms with Crippen molar-refractivity contribution in [3.63, 3.8) is 0 Å². The van der Waals surface area contributed by atoms with E-state index < -0.39 is 0 Å². The Bertz CT molecular complexity index is 720. The third-order valence-corrected chi connectivity index (χ3v) is 3.72. The summed E-state index contributed by atoms with van der Waals surface area (Å²) in [4.78, 5) is 2.25. The molecule has 0 saturated carbocycles. The average molecular weight is 366 g/mol. The first kappa shape index (κ1) is 20.6. The van der Waals surface area contributed by atoms with Gasteiger partial charge in [0.05, 0.1) is 19.3 Å². The standard InChI is InChI=1S/C17H24N5O2.ClH/c1-6-22(7-2)13-8-9-14(15(12-13)23-4)18-19-16-10-11-17(24-5)20-21(16)3;/h8-12H,6-7H2,1-5H3;1H/q+1;/p-1. The van der Waals surface area contributed by atoms with Crippen LogP contribution < -0.4 is 31.5 Å². The number of anilines is 1. The summed E-state index contributed by atoms with van der Waals surface area (Å²) in [5, 5.41) is 12.8. The van der Waals surface area contributed by atoms with Crippen molar-refractivity contribution in [2.75, 3.05) is 32.2 Å². The number of hydrogen-bond donors (Lipinski definition) is 0. The Labute approximate surface area is 154 Å². The molecule has 0 unspecified atom stereocenters. The molecule has 0 fully saturated rings. The molecule has 0 aliphatic carbocycles. The van der Waals surface area contributed by atoms with Crippen molar-refractivity contribution < 1.29 is 26.6 Å². The summed E-state index contributed by atoms with van der Waals surface area (Å²) >= 11 is 0. The SMILES string of the molecule is CCN(CC)c1ccc(N=Nc2ccc(OC)n[n+]2C)c(OC)c1.[Cl-]. The Kier molecular flexibility index (Phi) is 8.07. The van der Waals surface area contributed by atoms with Gasteiger partial charge in [0.2, 0.25) is 0 Å². The van der Waals surface area contributed by atoms with E-state index in [1.165, 1.54) is 0 Å². The lowest BCUT2D eigenvalue weighted by Crippen LogP contribution is -3.00. The zero-order valence-corrected chi connectivity index (χ0v) is 16.0. The number of rotatable bonds is 7. The first-order valence-corrected chi connectivity index (χ1v) is 7.89. The van der Waals surface area contributed by atoms with Gasteiger partial charge in [-0.25, -0.2) is 0 Å². The van der Waals surface area contributed by atoms with Crippen LogP contribution in [0.25, 0.3) is 0 Å². The summed E-state index contributed by atoms with van der Waals surface area (Å²) in [5.74, 6) is 1.83. The van der Waals surface area contributed by atoms with Crippen molar-refractivity contribution in [2.24, 2.45) is 17.3 Å². The molecule has 25 heavy (non-hydrogen) atoms. The van der Waals surface area contributed by atoms with Crippen molar-refractivity contribution in [3.8, 4) is 11.6 Å². The Morgan fingerprint density at radius 3 is 2.32 bits per heavy atom. The van der Waals surface area contributed by atoms with Crippen LogP contribution in [0.1, 0.15) is 13.8 Å². The van der Waals surface area contributed by atoms with E-state index >= 15 is 0 Å². The second-order valence-electron chi connectivity index (χ2n) is 5.09. The van der Waals surface area contributed by atoms with Gasteiger partial charge < -0.3 is 26.8 Å². The van der Waals surface area contributed by atoms with Gasteiger partial charge in [-0.1, -0.05) is 0 Å². The maximum atomic E-state index is 5.46. The monoisotopic (exact) mass is 365 g/mol. The van der Waals surface area contributed by atoms with Crippen molar-refractivity contribution >= 4 is 17.2 Å². The highest BCUT2D eigenvalue weighted by Gasteiger charge is 2.12. The van der Waals surface area contributed by atoms with E-state index in [1.807, 2.05) is 18.2 Å². The second-order valence-corrected chi connectivity index (χ2v) is 5.09. The van der Waals surface area contributed by atoms with Crippen molar-refractivity contribution in [1.29, 1.82) is 0 Å². The van der Waals surface area contributed by atoms with Crippen LogP contribution in [0, 0.1) is 0 Å². The van der Waals surface area contributed by atoms with Gasteiger partial charge in [-0.2, -0.15) is 0 Å². The maximum Gasteiger partial charge on any atom is 0.370 e. The first-order valence-electron chi connectivity index (χ1n) is 7.89. The molecule has 0 radical (unpaired) electrons. The highest BCUT2D eigenvalue weighted by atomic mass is 35.5. The maximum absolute atomic E-state index is 5.46. The lowest BCUT2D eigenvalue weighted by molar-refractivity contribution is -0.718. The number of aromatic nitrogens is 2. The molecular weight excluding hydrogens is 342 g/mol. The number of aryl methyl sites for hydroxylation is 1. The molecule has 1 aromatic carbocycles. The fraction of sp³-hybridized carbons (Fsp3) is 0.412. The van der Waals surface area contributed by atoms with Crippen molar-refractivity contribution in [3.05, 3.63) is 30.3 Å². The summed E-state index contributed by atoms with van der Waals surface area (Å²) in [6.45, 7) is 6.13. The van der Waals surface area contributed by atoms with Crippen LogP contribution in [0.3, 0.4) is 0 Å². The molecule has 0 aliphatic heterocycles. The second kappa shape index (κ2) is 9.78. The Morgan fingerprint density at radius 2 is 1.76 bits per heavy atom. The van der Waals surface area contributed by atoms with E-state index in [9.17, 15) is 0 Å². The molecule has 0 aliphatic rings. The van der Waals surface area contributed by atoms with Crippen LogP contribution in [-0.2, 0) is 7.05 Å². The molecule has 2 aromatic rings. The molecule has 0 atom stereocenters. The molecule has 0 saturated heterocycles. The zero-order valence-electron chi connectivity index (χ0n) is 15.2. The number of azo groups is 1. The first-order chi connectivity index (χ1) is 11.6. The van der Waals surface area contributed by atoms with Gasteiger partial charge in [0.25, 0.3) is 5.88 Å². The normalized spacial score (nSPS) is 10.4. The van der Waals surface area contributed by atoms with Crippen LogP contribution >= 0.6 is 0 Å². The number of nitrogens with zero attached hydrogens (tertiary/aromatic N) is 5. The molecule has 136 valence electrons. The Hall–Kier alpha value is -2.41. The molecule has 1 aromatic heterocycles. The van der Waals surface area contributed by atoms with Gasteiger partial charge in [-0.3, -0.25) is 0 Å². The van der Waals surface area contributed by atoms with Gasteiger partial charge in [0, 0.05) is 37.0 Å². The Balaban J connectivity index is 0.00000312. The number of benzene rings is 1. The highest BCUT2D eigenvalue weighted by Crippen LogP contribution is 2.32. The molecule has 8 heteroatoms. The van der Waals surface area contributed by atoms with E-state index in [1.54, 1.807) is 38.1 Å². The Morgan fingerprint density at radius 1 is 1.04 bits per heavy atom. The minimum atomic E-state index is 0. The predicted molar refractivity (Wildman–Crippen MR) is 92.7 cm³/mol. The molecule has 2 rings (SSSR count). The third-order valence-electron chi connectivity index (χ3n) is 3.72. The predicted octanol–water partition coefficient (Wildman–Crippen LogP) is 0.189. The van der Waals surface area contributed by atoms with Crippen LogP contribution in [0.5, 0.6) is 11.6 Å². The molecule has 0 spiro atoms. The molecule has 0 amide bonds. The topological polar surface area (TPSA) is 63.2 Å². The molecule has 0 bridgehead atoms. The lowest BCUT2D eigenvalue weighted by atomic mass is 10.2. The van der Waals surface area contributed by atoms with Gasteiger partial charge in [0.15, 0.2) is 11.4 Å². The van der Waals surface area contributed by atoms with Crippen LogP contribution in [0.2, 0.25) is 0 Å². The minimum Gasteiger partial charge on any atom is -1.00 e.